The molecule has 136 valence electrons. The highest BCUT2D eigenvalue weighted by Crippen LogP contribution is 2.20. The van der Waals surface area contributed by atoms with Crippen molar-refractivity contribution in [2.24, 2.45) is 0 Å². The smallest absolute Gasteiger partial charge is 0.409 e. The molecule has 1 saturated heterocycles. The molecule has 1 aliphatic rings. The summed E-state index contributed by atoms with van der Waals surface area (Å²) in [4.78, 5) is 39.0. The Morgan fingerprint density at radius 2 is 1.80 bits per heavy atom. The number of amides is 3. The summed E-state index contributed by atoms with van der Waals surface area (Å²) < 4.78 is 4.93. The number of nitrogens with zero attached hydrogens (tertiary/aromatic N) is 2. The van der Waals surface area contributed by atoms with Gasteiger partial charge in [-0.2, -0.15) is 0 Å². The highest BCUT2D eigenvalue weighted by Gasteiger charge is 2.25. The second-order valence-electron chi connectivity index (χ2n) is 5.76. The third kappa shape index (κ3) is 5.35. The number of rotatable bonds is 4. The number of nitrogens with one attached hydrogen (secondary N) is 1. The van der Waals surface area contributed by atoms with Crippen molar-refractivity contribution in [1.82, 2.24) is 9.80 Å². The number of benzene rings is 1. The van der Waals surface area contributed by atoms with E-state index in [1.54, 1.807) is 34.9 Å². The van der Waals surface area contributed by atoms with Crippen LogP contribution in [0.25, 0.3) is 0 Å². The lowest BCUT2D eigenvalue weighted by Crippen LogP contribution is -2.51. The molecule has 1 aliphatic heterocycles. The number of hydrogen-bond acceptors (Lipinski definition) is 4. The van der Waals surface area contributed by atoms with Gasteiger partial charge in [0, 0.05) is 36.9 Å². The van der Waals surface area contributed by atoms with Crippen molar-refractivity contribution < 1.29 is 19.1 Å². The third-order valence-corrected chi connectivity index (χ3v) is 4.33. The molecule has 25 heavy (non-hydrogen) atoms. The van der Waals surface area contributed by atoms with Crippen LogP contribution >= 0.6 is 11.6 Å². The lowest BCUT2D eigenvalue weighted by molar-refractivity contribution is -0.135. The van der Waals surface area contributed by atoms with Gasteiger partial charge in [-0.25, -0.2) is 4.79 Å². The van der Waals surface area contributed by atoms with Gasteiger partial charge in [0.05, 0.1) is 6.61 Å². The van der Waals surface area contributed by atoms with Crippen molar-refractivity contribution in [3.63, 3.8) is 0 Å². The fourth-order valence-corrected chi connectivity index (χ4v) is 2.66. The van der Waals surface area contributed by atoms with Crippen LogP contribution in [0.5, 0.6) is 0 Å². The first-order valence-corrected chi connectivity index (χ1v) is 8.54. The van der Waals surface area contributed by atoms with Gasteiger partial charge >= 0.3 is 6.09 Å². The van der Waals surface area contributed by atoms with E-state index < -0.39 is 5.91 Å². The number of hydrogen-bond donors (Lipinski definition) is 1. The summed E-state index contributed by atoms with van der Waals surface area (Å²) in [7, 11) is 0. The van der Waals surface area contributed by atoms with E-state index in [0.717, 1.165) is 5.56 Å². The molecule has 1 N–H and O–H groups in total. The van der Waals surface area contributed by atoms with Gasteiger partial charge in [0.15, 0.2) is 0 Å². The Morgan fingerprint density at radius 1 is 1.16 bits per heavy atom. The topological polar surface area (TPSA) is 79.0 Å². The molecule has 2 rings (SSSR count). The van der Waals surface area contributed by atoms with Crippen LogP contribution in [-0.2, 0) is 14.3 Å². The Balaban J connectivity index is 1.81. The van der Waals surface area contributed by atoms with E-state index in [1.165, 1.54) is 0 Å². The minimum Gasteiger partial charge on any atom is -0.450 e. The molecular formula is C17H22ClN3O4. The fourth-order valence-electron chi connectivity index (χ4n) is 2.48. The average Bonchev–Trinajstić information content (AvgIpc) is 2.58. The van der Waals surface area contributed by atoms with Crippen LogP contribution in [0.3, 0.4) is 0 Å². The fraction of sp³-hybridized carbons (Fsp3) is 0.471. The van der Waals surface area contributed by atoms with Crippen LogP contribution < -0.4 is 5.32 Å². The van der Waals surface area contributed by atoms with Gasteiger partial charge in [0.25, 0.3) is 0 Å². The number of carbonyl (C=O) groups excluding carboxylic acids is 3. The normalized spacial score (nSPS) is 14.2. The van der Waals surface area contributed by atoms with Crippen molar-refractivity contribution in [1.29, 1.82) is 0 Å². The van der Waals surface area contributed by atoms with Gasteiger partial charge in [-0.05, 0) is 31.5 Å². The standard InChI is InChI=1S/C17H22ClN3O4/c1-3-25-17(24)21-8-6-20(7-9-21)16(23)11-15(22)19-13-5-4-12(2)14(18)10-13/h4-5,10H,3,6-9,11H2,1-2H3,(H,19,22). The maximum absolute atomic E-state index is 12.2. The molecule has 8 heteroatoms. The van der Waals surface area contributed by atoms with Crippen LogP contribution in [0.1, 0.15) is 18.9 Å². The number of ether oxygens (including phenoxy) is 1. The Hall–Kier alpha value is -2.28. The molecule has 0 radical (unpaired) electrons. The summed E-state index contributed by atoms with van der Waals surface area (Å²) in [5.41, 5.74) is 1.47. The first-order chi connectivity index (χ1) is 11.9. The lowest BCUT2D eigenvalue weighted by atomic mass is 10.2. The molecular weight excluding hydrogens is 346 g/mol. The van der Waals surface area contributed by atoms with E-state index >= 15 is 0 Å². The van der Waals surface area contributed by atoms with E-state index in [4.69, 9.17) is 16.3 Å². The second kappa shape index (κ2) is 8.71. The SMILES string of the molecule is CCOC(=O)N1CCN(C(=O)CC(=O)Nc2ccc(C)c(Cl)c2)CC1. The minimum absolute atomic E-state index is 0.245. The molecule has 0 spiro atoms. The molecule has 0 saturated carbocycles. The van der Waals surface area contributed by atoms with Gasteiger partial charge in [-0.3, -0.25) is 9.59 Å². The Labute approximate surface area is 151 Å². The minimum atomic E-state index is -0.391. The number of halogens is 1. The number of piperazine rings is 1. The monoisotopic (exact) mass is 367 g/mol. The van der Waals surface area contributed by atoms with E-state index in [9.17, 15) is 14.4 Å². The molecule has 1 fully saturated rings. The molecule has 0 aliphatic carbocycles. The highest BCUT2D eigenvalue weighted by molar-refractivity contribution is 6.31. The molecule has 7 nitrogen and oxygen atoms in total. The van der Waals surface area contributed by atoms with E-state index in [1.807, 2.05) is 6.92 Å². The van der Waals surface area contributed by atoms with Crippen molar-refractivity contribution >= 4 is 35.2 Å². The van der Waals surface area contributed by atoms with E-state index in [2.05, 4.69) is 5.32 Å². The summed E-state index contributed by atoms with van der Waals surface area (Å²) in [6, 6.07) is 5.19. The zero-order valence-electron chi connectivity index (χ0n) is 14.4. The molecule has 1 aromatic rings. The molecule has 1 heterocycles. The van der Waals surface area contributed by atoms with Crippen LogP contribution in [0.15, 0.2) is 18.2 Å². The quantitative estimate of drug-likeness (QED) is 0.828. The highest BCUT2D eigenvalue weighted by atomic mass is 35.5. The van der Waals surface area contributed by atoms with E-state index in [0.29, 0.717) is 43.5 Å². The molecule has 0 unspecified atom stereocenters. The second-order valence-corrected chi connectivity index (χ2v) is 6.16. The number of carbonyl (C=O) groups is 3. The predicted octanol–water partition coefficient (Wildman–Crippen LogP) is 2.28. The number of anilines is 1. The third-order valence-electron chi connectivity index (χ3n) is 3.93. The van der Waals surface area contributed by atoms with Gasteiger partial charge in [0.2, 0.25) is 11.8 Å². The summed E-state index contributed by atoms with van der Waals surface area (Å²) in [6.07, 6.45) is -0.617. The summed E-state index contributed by atoms with van der Waals surface area (Å²) >= 11 is 6.02. The molecule has 1 aromatic carbocycles. The maximum atomic E-state index is 12.2. The van der Waals surface area contributed by atoms with Crippen molar-refractivity contribution in [3.05, 3.63) is 28.8 Å². The van der Waals surface area contributed by atoms with Crippen LogP contribution in [-0.4, -0.2) is 60.5 Å². The van der Waals surface area contributed by atoms with Gasteiger partial charge in [-0.1, -0.05) is 17.7 Å². The summed E-state index contributed by atoms with van der Waals surface area (Å²) in [5.74, 6) is -0.656. The van der Waals surface area contributed by atoms with Crippen LogP contribution in [0.4, 0.5) is 10.5 Å². The zero-order valence-corrected chi connectivity index (χ0v) is 15.1. The summed E-state index contributed by atoms with van der Waals surface area (Å²) in [5, 5.41) is 3.22. The van der Waals surface area contributed by atoms with Gasteiger partial charge in [-0.15, -0.1) is 0 Å². The summed E-state index contributed by atoms with van der Waals surface area (Å²) in [6.45, 7) is 5.52. The van der Waals surface area contributed by atoms with E-state index in [-0.39, 0.29) is 18.4 Å². The Kier molecular flexibility index (Phi) is 6.64. The zero-order chi connectivity index (χ0) is 18.4. The maximum Gasteiger partial charge on any atom is 0.409 e. The largest absolute Gasteiger partial charge is 0.450 e. The first-order valence-electron chi connectivity index (χ1n) is 8.16. The number of aryl methyl sites for hydroxylation is 1. The average molecular weight is 368 g/mol. The van der Waals surface area contributed by atoms with Crippen LogP contribution in [0.2, 0.25) is 5.02 Å². The van der Waals surface area contributed by atoms with Crippen molar-refractivity contribution in [2.75, 3.05) is 38.1 Å². The predicted molar refractivity (Wildman–Crippen MR) is 94.6 cm³/mol. The van der Waals surface area contributed by atoms with Crippen molar-refractivity contribution in [2.45, 2.75) is 20.3 Å². The van der Waals surface area contributed by atoms with Gasteiger partial charge in [0.1, 0.15) is 6.42 Å². The Bertz CT molecular complexity index is 657. The lowest BCUT2D eigenvalue weighted by Gasteiger charge is -2.34. The van der Waals surface area contributed by atoms with Gasteiger partial charge < -0.3 is 19.9 Å². The molecule has 3 amide bonds. The van der Waals surface area contributed by atoms with Crippen molar-refractivity contribution in [3.8, 4) is 0 Å². The molecule has 0 aromatic heterocycles. The molecule has 0 bridgehead atoms. The molecule has 0 atom stereocenters. The first kappa shape index (κ1) is 19.1. The van der Waals surface area contributed by atoms with Crippen LogP contribution in [0, 0.1) is 6.92 Å². The Morgan fingerprint density at radius 3 is 2.40 bits per heavy atom.